The van der Waals surface area contributed by atoms with E-state index in [1.165, 1.54) is 38.8 Å². The maximum atomic E-state index is 6.05. The van der Waals surface area contributed by atoms with Crippen molar-refractivity contribution in [1.82, 2.24) is 5.32 Å². The molecule has 2 aliphatic rings. The lowest BCUT2D eigenvalue weighted by Crippen LogP contribution is -2.28. The number of ether oxygens (including phenoxy) is 1. The molecule has 0 aromatic carbocycles. The van der Waals surface area contributed by atoms with Crippen LogP contribution < -0.4 is 5.32 Å². The van der Waals surface area contributed by atoms with Crippen molar-refractivity contribution < 1.29 is 4.74 Å². The van der Waals surface area contributed by atoms with Crippen molar-refractivity contribution >= 4 is 0 Å². The van der Waals surface area contributed by atoms with Crippen molar-refractivity contribution in [3.63, 3.8) is 0 Å². The van der Waals surface area contributed by atoms with Gasteiger partial charge in [0.25, 0.3) is 0 Å². The fraction of sp³-hybridized carbons (Fsp3) is 1.00. The molecule has 0 aromatic rings. The average molecular weight is 211 g/mol. The molecular weight excluding hydrogens is 186 g/mol. The summed E-state index contributed by atoms with van der Waals surface area (Å²) in [6.07, 6.45) is 5.78. The van der Waals surface area contributed by atoms with Crippen LogP contribution in [0.5, 0.6) is 0 Å². The number of hydrogen-bond donors (Lipinski definition) is 1. The van der Waals surface area contributed by atoms with Crippen molar-refractivity contribution in [2.24, 2.45) is 17.8 Å². The zero-order valence-corrected chi connectivity index (χ0v) is 10.2. The molecule has 2 fully saturated rings. The highest BCUT2D eigenvalue weighted by Crippen LogP contribution is 2.31. The van der Waals surface area contributed by atoms with E-state index in [9.17, 15) is 0 Å². The minimum Gasteiger partial charge on any atom is -0.378 e. The molecule has 1 saturated carbocycles. The monoisotopic (exact) mass is 211 g/mol. The van der Waals surface area contributed by atoms with Gasteiger partial charge in [-0.2, -0.15) is 0 Å². The van der Waals surface area contributed by atoms with E-state index < -0.39 is 0 Å². The lowest BCUT2D eigenvalue weighted by Gasteiger charge is -2.32. The van der Waals surface area contributed by atoms with Gasteiger partial charge in [-0.05, 0) is 50.0 Å². The molecule has 4 atom stereocenters. The van der Waals surface area contributed by atoms with E-state index in [1.807, 2.05) is 0 Å². The summed E-state index contributed by atoms with van der Waals surface area (Å²) in [7, 11) is 0. The predicted octanol–water partition coefficient (Wildman–Crippen LogP) is 2.44. The number of nitrogens with one attached hydrogen (secondary N) is 1. The normalized spacial score (nSPS) is 42.0. The molecule has 1 heterocycles. The molecule has 0 bridgehead atoms. The van der Waals surface area contributed by atoms with Gasteiger partial charge in [-0.25, -0.2) is 0 Å². The maximum Gasteiger partial charge on any atom is 0.0578 e. The fourth-order valence-electron chi connectivity index (χ4n) is 2.78. The Kier molecular flexibility index (Phi) is 4.04. The van der Waals surface area contributed by atoms with E-state index in [-0.39, 0.29) is 0 Å². The van der Waals surface area contributed by atoms with Gasteiger partial charge in [-0.3, -0.25) is 0 Å². The molecule has 1 N–H and O–H groups in total. The van der Waals surface area contributed by atoms with Gasteiger partial charge in [0, 0.05) is 6.54 Å². The minimum absolute atomic E-state index is 0.553. The summed E-state index contributed by atoms with van der Waals surface area (Å²) in [6, 6.07) is 0. The molecule has 0 aromatic heterocycles. The molecule has 1 aliphatic carbocycles. The summed E-state index contributed by atoms with van der Waals surface area (Å²) in [5, 5.41) is 3.40. The van der Waals surface area contributed by atoms with Crippen molar-refractivity contribution in [3.05, 3.63) is 0 Å². The topological polar surface area (TPSA) is 21.3 Å². The largest absolute Gasteiger partial charge is 0.378 e. The van der Waals surface area contributed by atoms with Gasteiger partial charge in [-0.15, -0.1) is 0 Å². The highest BCUT2D eigenvalue weighted by Gasteiger charge is 2.26. The first-order valence-corrected chi connectivity index (χ1v) is 6.58. The Morgan fingerprint density at radius 3 is 2.67 bits per heavy atom. The second-order valence-corrected chi connectivity index (χ2v) is 5.58. The summed E-state index contributed by atoms with van der Waals surface area (Å²) in [5.41, 5.74) is 0. The number of rotatable bonds is 3. The van der Waals surface area contributed by atoms with Crippen LogP contribution in [0.2, 0.25) is 0 Å². The lowest BCUT2D eigenvalue weighted by molar-refractivity contribution is -0.0113. The zero-order valence-electron chi connectivity index (χ0n) is 10.2. The molecule has 88 valence electrons. The fourth-order valence-corrected chi connectivity index (χ4v) is 2.78. The highest BCUT2D eigenvalue weighted by atomic mass is 16.5. The average Bonchev–Trinajstić information content (AvgIpc) is 2.73. The molecule has 2 nitrogen and oxygen atoms in total. The molecule has 4 unspecified atom stereocenters. The van der Waals surface area contributed by atoms with Crippen molar-refractivity contribution in [2.45, 2.75) is 45.6 Å². The van der Waals surface area contributed by atoms with Crippen molar-refractivity contribution in [1.29, 1.82) is 0 Å². The van der Waals surface area contributed by atoms with Crippen LogP contribution in [0.1, 0.15) is 39.5 Å². The lowest BCUT2D eigenvalue weighted by atomic mass is 9.80. The van der Waals surface area contributed by atoms with Gasteiger partial charge in [-0.1, -0.05) is 13.8 Å². The van der Waals surface area contributed by atoms with Crippen LogP contribution in [0.15, 0.2) is 0 Å². The zero-order chi connectivity index (χ0) is 10.7. The van der Waals surface area contributed by atoms with Gasteiger partial charge in [0.2, 0.25) is 0 Å². The molecule has 2 rings (SSSR count). The van der Waals surface area contributed by atoms with Gasteiger partial charge in [0.15, 0.2) is 0 Å². The Labute approximate surface area is 93.8 Å². The molecule has 0 amide bonds. The summed E-state index contributed by atoms with van der Waals surface area (Å²) in [5.74, 6) is 2.53. The molecular formula is C13H25NO. The molecule has 2 heteroatoms. The Hall–Kier alpha value is -0.0800. The Morgan fingerprint density at radius 1 is 1.13 bits per heavy atom. The highest BCUT2D eigenvalue weighted by molar-refractivity contribution is 4.77. The SMILES string of the molecule is CC1CCC(OCC2CCNC2)CC1C. The van der Waals surface area contributed by atoms with Crippen LogP contribution in [-0.4, -0.2) is 25.8 Å². The van der Waals surface area contributed by atoms with Crippen molar-refractivity contribution in [3.8, 4) is 0 Å². The van der Waals surface area contributed by atoms with E-state index in [0.717, 1.165) is 24.4 Å². The molecule has 1 aliphatic heterocycles. The van der Waals surface area contributed by atoms with Crippen LogP contribution in [0.4, 0.5) is 0 Å². The predicted molar refractivity (Wildman–Crippen MR) is 62.9 cm³/mol. The van der Waals surface area contributed by atoms with Crippen LogP contribution in [-0.2, 0) is 4.74 Å². The smallest absolute Gasteiger partial charge is 0.0578 e. The van der Waals surface area contributed by atoms with E-state index in [2.05, 4.69) is 19.2 Å². The first-order chi connectivity index (χ1) is 7.25. The van der Waals surface area contributed by atoms with Gasteiger partial charge >= 0.3 is 0 Å². The third-order valence-electron chi connectivity index (χ3n) is 4.28. The van der Waals surface area contributed by atoms with Gasteiger partial charge < -0.3 is 10.1 Å². The van der Waals surface area contributed by atoms with E-state index in [0.29, 0.717) is 6.10 Å². The third-order valence-corrected chi connectivity index (χ3v) is 4.28. The van der Waals surface area contributed by atoms with Crippen LogP contribution in [0.3, 0.4) is 0 Å². The summed E-state index contributed by atoms with van der Waals surface area (Å²) >= 11 is 0. The second kappa shape index (κ2) is 5.31. The quantitative estimate of drug-likeness (QED) is 0.774. The second-order valence-electron chi connectivity index (χ2n) is 5.58. The Balaban J connectivity index is 1.66. The van der Waals surface area contributed by atoms with E-state index in [4.69, 9.17) is 4.74 Å². The van der Waals surface area contributed by atoms with Crippen molar-refractivity contribution in [2.75, 3.05) is 19.7 Å². The van der Waals surface area contributed by atoms with Crippen LogP contribution in [0.25, 0.3) is 0 Å². The first-order valence-electron chi connectivity index (χ1n) is 6.58. The summed E-state index contributed by atoms with van der Waals surface area (Å²) in [6.45, 7) is 8.09. The van der Waals surface area contributed by atoms with Gasteiger partial charge in [0.05, 0.1) is 12.7 Å². The Morgan fingerprint density at radius 2 is 2.00 bits per heavy atom. The van der Waals surface area contributed by atoms with E-state index in [1.54, 1.807) is 0 Å². The molecule has 1 saturated heterocycles. The molecule has 0 spiro atoms. The standard InChI is InChI=1S/C13H25NO/c1-10-3-4-13(7-11(10)2)15-9-12-5-6-14-8-12/h10-14H,3-9H2,1-2H3. The van der Waals surface area contributed by atoms with Crippen LogP contribution >= 0.6 is 0 Å². The summed E-state index contributed by atoms with van der Waals surface area (Å²) in [4.78, 5) is 0. The Bertz CT molecular complexity index is 189. The van der Waals surface area contributed by atoms with Gasteiger partial charge in [0.1, 0.15) is 0 Å². The molecule has 0 radical (unpaired) electrons. The van der Waals surface area contributed by atoms with Crippen LogP contribution in [0, 0.1) is 17.8 Å². The summed E-state index contributed by atoms with van der Waals surface area (Å²) < 4.78 is 6.05. The maximum absolute atomic E-state index is 6.05. The number of hydrogen-bond acceptors (Lipinski definition) is 2. The first kappa shape index (κ1) is 11.4. The molecule has 15 heavy (non-hydrogen) atoms. The van der Waals surface area contributed by atoms with E-state index >= 15 is 0 Å². The minimum atomic E-state index is 0.553. The third kappa shape index (κ3) is 3.18.